The molecule has 29 heavy (non-hydrogen) atoms. The lowest BCUT2D eigenvalue weighted by atomic mass is 9.49. The van der Waals surface area contributed by atoms with Gasteiger partial charge >= 0.3 is 11.8 Å². The molecule has 0 saturated heterocycles. The molecule has 2 aromatic rings. The van der Waals surface area contributed by atoms with Crippen molar-refractivity contribution in [3.63, 3.8) is 0 Å². The van der Waals surface area contributed by atoms with Crippen LogP contribution in [0.2, 0.25) is 0 Å². The quantitative estimate of drug-likeness (QED) is 0.778. The summed E-state index contributed by atoms with van der Waals surface area (Å²) < 4.78 is 29.9. The number of nitrogens with zero attached hydrogens (tertiary/aromatic N) is 2. The molecule has 0 spiro atoms. The second-order valence-electron chi connectivity index (χ2n) is 9.19. The van der Waals surface area contributed by atoms with Crippen molar-refractivity contribution in [2.45, 2.75) is 49.2 Å². The van der Waals surface area contributed by atoms with E-state index in [1.165, 1.54) is 50.7 Å². The van der Waals surface area contributed by atoms with Gasteiger partial charge in [0, 0.05) is 6.54 Å². The van der Waals surface area contributed by atoms with Crippen LogP contribution in [0, 0.1) is 23.2 Å². The number of benzene rings is 1. The van der Waals surface area contributed by atoms with E-state index in [0.717, 1.165) is 17.8 Å². The minimum atomic E-state index is -3.59. The second-order valence-corrected chi connectivity index (χ2v) is 11.2. The standard InChI is InChI=1S/C21H25N3O4S/c25-19(22-13-21-9-14-6-15(10-21)8-16(7-14)11-21)20-23-18(24-28-20)12-29(26,27)17-4-2-1-3-5-17/h1-5,14-16H,6-13H2,(H,22,25). The van der Waals surface area contributed by atoms with E-state index in [1.807, 2.05) is 0 Å². The fourth-order valence-electron chi connectivity index (χ4n) is 6.14. The summed E-state index contributed by atoms with van der Waals surface area (Å²) in [7, 11) is -3.59. The molecular weight excluding hydrogens is 390 g/mol. The fraction of sp³-hybridized carbons (Fsp3) is 0.571. The third-order valence-electron chi connectivity index (χ3n) is 6.87. The van der Waals surface area contributed by atoms with Gasteiger partial charge in [0.05, 0.1) is 4.90 Å². The number of aromatic nitrogens is 2. The first-order chi connectivity index (χ1) is 13.9. The number of rotatable bonds is 6. The molecular formula is C21H25N3O4S. The summed E-state index contributed by atoms with van der Waals surface area (Å²) >= 11 is 0. The Morgan fingerprint density at radius 1 is 1.07 bits per heavy atom. The van der Waals surface area contributed by atoms with Crippen molar-refractivity contribution in [1.82, 2.24) is 15.5 Å². The maximum Gasteiger partial charge on any atom is 0.315 e. The molecule has 1 heterocycles. The largest absolute Gasteiger partial charge is 0.347 e. The van der Waals surface area contributed by atoms with Crippen LogP contribution >= 0.6 is 0 Å². The highest BCUT2D eigenvalue weighted by molar-refractivity contribution is 7.90. The van der Waals surface area contributed by atoms with Crippen molar-refractivity contribution >= 4 is 15.7 Å². The Hall–Kier alpha value is -2.22. The van der Waals surface area contributed by atoms with Gasteiger partial charge in [0.25, 0.3) is 0 Å². The molecule has 1 amide bonds. The number of sulfone groups is 1. The minimum absolute atomic E-state index is 0.00573. The molecule has 8 heteroatoms. The van der Waals surface area contributed by atoms with Crippen molar-refractivity contribution in [3.05, 3.63) is 42.0 Å². The molecule has 0 radical (unpaired) electrons. The number of carbonyl (C=O) groups is 1. The van der Waals surface area contributed by atoms with Crippen molar-refractivity contribution in [2.24, 2.45) is 23.2 Å². The van der Waals surface area contributed by atoms with E-state index in [0.29, 0.717) is 6.54 Å². The Morgan fingerprint density at radius 3 is 2.31 bits per heavy atom. The van der Waals surface area contributed by atoms with Gasteiger partial charge in [0.2, 0.25) is 0 Å². The van der Waals surface area contributed by atoms with Crippen LogP contribution in [0.5, 0.6) is 0 Å². The first kappa shape index (κ1) is 18.8. The van der Waals surface area contributed by atoms with Gasteiger partial charge in [-0.2, -0.15) is 4.98 Å². The molecule has 4 bridgehead atoms. The van der Waals surface area contributed by atoms with Crippen LogP contribution < -0.4 is 5.32 Å². The SMILES string of the molecule is O=C(NCC12CC3CC(CC(C3)C1)C2)c1nc(CS(=O)(=O)c2ccccc2)no1. The summed E-state index contributed by atoms with van der Waals surface area (Å²) in [6.07, 6.45) is 7.67. The number of hydrogen-bond acceptors (Lipinski definition) is 6. The zero-order valence-corrected chi connectivity index (χ0v) is 17.0. The fourth-order valence-corrected chi connectivity index (χ4v) is 7.33. The van der Waals surface area contributed by atoms with Crippen LogP contribution in [0.15, 0.2) is 39.8 Å². The smallest absolute Gasteiger partial charge is 0.315 e. The van der Waals surface area contributed by atoms with Gasteiger partial charge in [0.1, 0.15) is 5.75 Å². The Bertz CT molecular complexity index is 980. The number of hydrogen-bond donors (Lipinski definition) is 1. The normalized spacial score (nSPS) is 30.4. The molecule has 0 aliphatic heterocycles. The monoisotopic (exact) mass is 415 g/mol. The van der Waals surface area contributed by atoms with Gasteiger partial charge < -0.3 is 9.84 Å². The zero-order valence-electron chi connectivity index (χ0n) is 16.2. The number of nitrogens with one attached hydrogen (secondary N) is 1. The molecule has 6 rings (SSSR count). The molecule has 1 N–H and O–H groups in total. The Balaban J connectivity index is 1.22. The Labute approximate surface area is 170 Å². The van der Waals surface area contributed by atoms with Gasteiger partial charge in [-0.05, 0) is 73.8 Å². The van der Waals surface area contributed by atoms with Gasteiger partial charge in [-0.3, -0.25) is 4.79 Å². The predicted molar refractivity (Wildman–Crippen MR) is 105 cm³/mol. The van der Waals surface area contributed by atoms with E-state index in [9.17, 15) is 13.2 Å². The summed E-state index contributed by atoms with van der Waals surface area (Å²) in [5.74, 6) is 1.45. The average Bonchev–Trinajstić information content (AvgIpc) is 3.14. The summed E-state index contributed by atoms with van der Waals surface area (Å²) in [6.45, 7) is 0.634. The molecule has 4 saturated carbocycles. The van der Waals surface area contributed by atoms with E-state index < -0.39 is 21.5 Å². The predicted octanol–water partition coefficient (Wildman–Crippen LogP) is 2.99. The lowest BCUT2D eigenvalue weighted by Crippen LogP contribution is -2.51. The minimum Gasteiger partial charge on any atom is -0.347 e. The molecule has 154 valence electrons. The lowest BCUT2D eigenvalue weighted by Gasteiger charge is -2.56. The Morgan fingerprint density at radius 2 is 1.69 bits per heavy atom. The van der Waals surface area contributed by atoms with Crippen LogP contribution in [0.3, 0.4) is 0 Å². The maximum atomic E-state index is 12.5. The van der Waals surface area contributed by atoms with Gasteiger partial charge in [-0.15, -0.1) is 0 Å². The molecule has 4 fully saturated rings. The molecule has 0 unspecified atom stereocenters. The number of amides is 1. The van der Waals surface area contributed by atoms with Crippen LogP contribution in [-0.2, 0) is 15.6 Å². The first-order valence-electron chi connectivity index (χ1n) is 10.3. The highest BCUT2D eigenvalue weighted by Gasteiger charge is 2.50. The first-order valence-corrected chi connectivity index (χ1v) is 11.9. The van der Waals surface area contributed by atoms with Crippen LogP contribution in [0.1, 0.15) is 55.0 Å². The van der Waals surface area contributed by atoms with Crippen molar-refractivity contribution in [1.29, 1.82) is 0 Å². The van der Waals surface area contributed by atoms with Crippen LogP contribution in [-0.4, -0.2) is 31.0 Å². The van der Waals surface area contributed by atoms with Crippen LogP contribution in [0.25, 0.3) is 0 Å². The van der Waals surface area contributed by atoms with Crippen molar-refractivity contribution < 1.29 is 17.7 Å². The van der Waals surface area contributed by atoms with E-state index in [4.69, 9.17) is 4.52 Å². The molecule has 7 nitrogen and oxygen atoms in total. The summed E-state index contributed by atoms with van der Waals surface area (Å²) in [5.41, 5.74) is 0.212. The molecule has 1 aromatic heterocycles. The van der Waals surface area contributed by atoms with Crippen molar-refractivity contribution in [3.8, 4) is 0 Å². The third kappa shape index (κ3) is 3.70. The topological polar surface area (TPSA) is 102 Å². The molecule has 4 aliphatic rings. The van der Waals surface area contributed by atoms with Crippen molar-refractivity contribution in [2.75, 3.05) is 6.54 Å². The van der Waals surface area contributed by atoms with E-state index >= 15 is 0 Å². The van der Waals surface area contributed by atoms with Gasteiger partial charge in [0.15, 0.2) is 15.7 Å². The van der Waals surface area contributed by atoms with Gasteiger partial charge in [-0.1, -0.05) is 23.4 Å². The molecule has 1 aromatic carbocycles. The summed E-state index contributed by atoms with van der Waals surface area (Å²) in [4.78, 5) is 16.7. The summed E-state index contributed by atoms with van der Waals surface area (Å²) in [5, 5.41) is 6.68. The highest BCUT2D eigenvalue weighted by Crippen LogP contribution is 2.59. The Kier molecular flexibility index (Phi) is 4.49. The van der Waals surface area contributed by atoms with E-state index in [1.54, 1.807) is 18.2 Å². The van der Waals surface area contributed by atoms with Crippen LogP contribution in [0.4, 0.5) is 0 Å². The number of carbonyl (C=O) groups excluding carboxylic acids is 1. The molecule has 4 aliphatic carbocycles. The average molecular weight is 416 g/mol. The highest BCUT2D eigenvalue weighted by atomic mass is 32.2. The molecule has 0 atom stereocenters. The van der Waals surface area contributed by atoms with E-state index in [-0.39, 0.29) is 22.0 Å². The summed E-state index contributed by atoms with van der Waals surface area (Å²) in [6, 6.07) is 8.11. The second kappa shape index (κ2) is 6.93. The van der Waals surface area contributed by atoms with E-state index in [2.05, 4.69) is 15.5 Å². The third-order valence-corrected chi connectivity index (χ3v) is 8.50. The lowest BCUT2D eigenvalue weighted by molar-refractivity contribution is -0.0504. The maximum absolute atomic E-state index is 12.5. The zero-order chi connectivity index (χ0) is 20.1. The van der Waals surface area contributed by atoms with Gasteiger partial charge in [-0.25, -0.2) is 8.42 Å².